The zero-order valence-corrected chi connectivity index (χ0v) is 15.8. The minimum atomic E-state index is -0.111. The van der Waals surface area contributed by atoms with E-state index in [2.05, 4.69) is 24.1 Å². The van der Waals surface area contributed by atoms with E-state index >= 15 is 0 Å². The van der Waals surface area contributed by atoms with Gasteiger partial charge in [0.1, 0.15) is 5.69 Å². The number of hydrogen-bond donors (Lipinski definition) is 1. The summed E-state index contributed by atoms with van der Waals surface area (Å²) in [6.45, 7) is 4.75. The number of anilines is 2. The highest BCUT2D eigenvalue weighted by molar-refractivity contribution is 6.04. The van der Waals surface area contributed by atoms with Crippen LogP contribution in [0.5, 0.6) is 0 Å². The third kappa shape index (κ3) is 4.94. The van der Waals surface area contributed by atoms with E-state index in [0.717, 1.165) is 23.4 Å². The highest BCUT2D eigenvalue weighted by Crippen LogP contribution is 2.20. The number of hydrogen-bond acceptors (Lipinski definition) is 3. The highest BCUT2D eigenvalue weighted by Gasteiger charge is 2.19. The molecule has 1 unspecified atom stereocenters. The van der Waals surface area contributed by atoms with Gasteiger partial charge in [0.05, 0.1) is 18.4 Å². The minimum Gasteiger partial charge on any atom is -0.381 e. The number of carbonyl (C=O) groups excluding carboxylic acids is 1. The summed E-state index contributed by atoms with van der Waals surface area (Å²) in [6, 6.07) is 23.8. The van der Waals surface area contributed by atoms with Crippen molar-refractivity contribution in [1.82, 2.24) is 4.98 Å². The zero-order chi connectivity index (χ0) is 19.1. The number of benzene rings is 2. The molecular weight excluding hydrogens is 334 g/mol. The lowest BCUT2D eigenvalue weighted by Crippen LogP contribution is -2.31. The van der Waals surface area contributed by atoms with Gasteiger partial charge in [-0.25, -0.2) is 4.98 Å². The van der Waals surface area contributed by atoms with E-state index in [4.69, 9.17) is 0 Å². The van der Waals surface area contributed by atoms with Crippen molar-refractivity contribution in [3.63, 3.8) is 0 Å². The first-order valence-corrected chi connectivity index (χ1v) is 9.31. The predicted molar refractivity (Wildman–Crippen MR) is 111 cm³/mol. The van der Waals surface area contributed by atoms with Gasteiger partial charge in [-0.3, -0.25) is 4.79 Å². The Labute approximate surface area is 160 Å². The molecule has 0 aliphatic heterocycles. The first-order valence-electron chi connectivity index (χ1n) is 9.31. The largest absolute Gasteiger partial charge is 0.381 e. The van der Waals surface area contributed by atoms with Crippen LogP contribution in [0.15, 0.2) is 79.0 Å². The molecule has 3 rings (SSSR count). The first-order chi connectivity index (χ1) is 13.2. The number of amides is 1. The second-order valence-corrected chi connectivity index (χ2v) is 6.60. The average molecular weight is 359 g/mol. The van der Waals surface area contributed by atoms with Gasteiger partial charge in [0, 0.05) is 11.7 Å². The van der Waals surface area contributed by atoms with Crippen LogP contribution in [0.3, 0.4) is 0 Å². The molecule has 0 saturated heterocycles. The molecule has 2 aromatic carbocycles. The molecule has 0 fully saturated rings. The molecule has 3 aromatic rings. The van der Waals surface area contributed by atoms with E-state index in [9.17, 15) is 4.79 Å². The summed E-state index contributed by atoms with van der Waals surface area (Å²) >= 11 is 0. The quantitative estimate of drug-likeness (QED) is 0.635. The number of pyridine rings is 1. The predicted octanol–water partition coefficient (Wildman–Crippen LogP) is 5.14. The molecule has 1 atom stereocenters. The monoisotopic (exact) mass is 359 g/mol. The highest BCUT2D eigenvalue weighted by atomic mass is 16.2. The smallest absolute Gasteiger partial charge is 0.277 e. The van der Waals surface area contributed by atoms with Crippen LogP contribution in [-0.4, -0.2) is 16.9 Å². The molecule has 138 valence electrons. The topological polar surface area (TPSA) is 45.2 Å². The van der Waals surface area contributed by atoms with Gasteiger partial charge in [0.15, 0.2) is 0 Å². The van der Waals surface area contributed by atoms with Crippen LogP contribution in [0.4, 0.5) is 11.4 Å². The van der Waals surface area contributed by atoms with Crippen molar-refractivity contribution in [3.8, 4) is 0 Å². The molecule has 1 aromatic heterocycles. The van der Waals surface area contributed by atoms with Crippen molar-refractivity contribution < 1.29 is 4.79 Å². The lowest BCUT2D eigenvalue weighted by Gasteiger charge is -2.23. The van der Waals surface area contributed by atoms with Crippen molar-refractivity contribution in [1.29, 1.82) is 0 Å². The van der Waals surface area contributed by atoms with Crippen LogP contribution >= 0.6 is 0 Å². The third-order valence-corrected chi connectivity index (χ3v) is 4.50. The van der Waals surface area contributed by atoms with Crippen molar-refractivity contribution in [2.45, 2.75) is 32.9 Å². The van der Waals surface area contributed by atoms with Gasteiger partial charge in [-0.1, -0.05) is 55.5 Å². The number of rotatable bonds is 7. The maximum absolute atomic E-state index is 13.2. The number of nitrogens with one attached hydrogen (secondary N) is 1. The maximum Gasteiger partial charge on any atom is 0.277 e. The van der Waals surface area contributed by atoms with E-state index in [1.54, 1.807) is 17.2 Å². The summed E-state index contributed by atoms with van der Waals surface area (Å²) in [5.41, 5.74) is 3.29. The van der Waals surface area contributed by atoms with Crippen LogP contribution in [-0.2, 0) is 6.54 Å². The summed E-state index contributed by atoms with van der Waals surface area (Å²) < 4.78 is 0. The maximum atomic E-state index is 13.2. The lowest BCUT2D eigenvalue weighted by molar-refractivity contribution is 0.0980. The molecule has 0 spiro atoms. The molecule has 1 N–H and O–H groups in total. The Morgan fingerprint density at radius 3 is 2.26 bits per heavy atom. The number of aromatic nitrogens is 1. The van der Waals surface area contributed by atoms with E-state index < -0.39 is 0 Å². The summed E-state index contributed by atoms with van der Waals surface area (Å²) in [5, 5.41) is 3.37. The lowest BCUT2D eigenvalue weighted by atomic mass is 10.1. The first kappa shape index (κ1) is 18.6. The molecule has 0 aliphatic carbocycles. The number of carbonyl (C=O) groups is 1. The standard InChI is InChI=1S/C23H25N3O/c1-3-18(2)25-20-14-15-22(24-16-20)23(27)26(21-12-8-5-9-13-21)17-19-10-6-4-7-11-19/h4-16,18,25H,3,17H2,1-2H3. The number of para-hydroxylation sites is 1. The van der Waals surface area contributed by atoms with Crippen LogP contribution in [0, 0.1) is 0 Å². The summed E-state index contributed by atoms with van der Waals surface area (Å²) in [6.07, 6.45) is 2.75. The Balaban J connectivity index is 1.84. The second kappa shape index (κ2) is 8.99. The Bertz CT molecular complexity index is 848. The van der Waals surface area contributed by atoms with Gasteiger partial charge in [0.2, 0.25) is 0 Å². The fourth-order valence-corrected chi connectivity index (χ4v) is 2.78. The van der Waals surface area contributed by atoms with E-state index in [0.29, 0.717) is 18.3 Å². The molecular formula is C23H25N3O. The van der Waals surface area contributed by atoms with Gasteiger partial charge < -0.3 is 10.2 Å². The molecule has 4 nitrogen and oxygen atoms in total. The van der Waals surface area contributed by atoms with Gasteiger partial charge in [-0.2, -0.15) is 0 Å². The van der Waals surface area contributed by atoms with Crippen molar-refractivity contribution in [3.05, 3.63) is 90.3 Å². The summed E-state index contributed by atoms with van der Waals surface area (Å²) in [4.78, 5) is 19.3. The SMILES string of the molecule is CCC(C)Nc1ccc(C(=O)N(Cc2ccccc2)c2ccccc2)nc1. The molecule has 0 aliphatic rings. The van der Waals surface area contributed by atoms with Crippen LogP contribution in [0.25, 0.3) is 0 Å². The summed E-state index contributed by atoms with van der Waals surface area (Å²) in [7, 11) is 0. The Morgan fingerprint density at radius 1 is 1.00 bits per heavy atom. The van der Waals surface area contributed by atoms with Gasteiger partial charge >= 0.3 is 0 Å². The molecule has 0 bridgehead atoms. The van der Waals surface area contributed by atoms with Crippen LogP contribution in [0.2, 0.25) is 0 Å². The van der Waals surface area contributed by atoms with Crippen LogP contribution in [0.1, 0.15) is 36.3 Å². The van der Waals surface area contributed by atoms with Crippen molar-refractivity contribution >= 4 is 17.3 Å². The zero-order valence-electron chi connectivity index (χ0n) is 15.8. The van der Waals surface area contributed by atoms with E-state index in [-0.39, 0.29) is 5.91 Å². The van der Waals surface area contributed by atoms with E-state index in [1.807, 2.05) is 66.7 Å². The van der Waals surface area contributed by atoms with Crippen molar-refractivity contribution in [2.75, 3.05) is 10.2 Å². The fraction of sp³-hybridized carbons (Fsp3) is 0.217. The van der Waals surface area contributed by atoms with E-state index in [1.165, 1.54) is 0 Å². The Kier molecular flexibility index (Phi) is 6.21. The minimum absolute atomic E-state index is 0.111. The molecule has 1 heterocycles. The fourth-order valence-electron chi connectivity index (χ4n) is 2.78. The van der Waals surface area contributed by atoms with Gasteiger partial charge in [-0.15, -0.1) is 0 Å². The van der Waals surface area contributed by atoms with Crippen LogP contribution < -0.4 is 10.2 Å². The molecule has 0 radical (unpaired) electrons. The molecule has 1 amide bonds. The van der Waals surface area contributed by atoms with Gasteiger partial charge in [-0.05, 0) is 43.2 Å². The normalized spacial score (nSPS) is 11.6. The van der Waals surface area contributed by atoms with Gasteiger partial charge in [0.25, 0.3) is 5.91 Å². The second-order valence-electron chi connectivity index (χ2n) is 6.60. The molecule has 4 heteroatoms. The third-order valence-electron chi connectivity index (χ3n) is 4.50. The average Bonchev–Trinajstić information content (AvgIpc) is 2.73. The number of nitrogens with zero attached hydrogens (tertiary/aromatic N) is 2. The molecule has 27 heavy (non-hydrogen) atoms. The summed E-state index contributed by atoms with van der Waals surface area (Å²) in [5.74, 6) is -0.111. The van der Waals surface area contributed by atoms with Crippen molar-refractivity contribution in [2.24, 2.45) is 0 Å². The Morgan fingerprint density at radius 2 is 1.67 bits per heavy atom. The molecule has 0 saturated carbocycles. The Hall–Kier alpha value is -3.14.